The zero-order chi connectivity index (χ0) is 13.4. The highest BCUT2D eigenvalue weighted by Crippen LogP contribution is 2.21. The Morgan fingerprint density at radius 1 is 1.22 bits per heavy atom. The molecule has 0 N–H and O–H groups in total. The summed E-state index contributed by atoms with van der Waals surface area (Å²) in [6.07, 6.45) is 5.67. The van der Waals surface area contributed by atoms with E-state index in [4.69, 9.17) is 9.47 Å². The molecule has 0 aliphatic heterocycles. The lowest BCUT2D eigenvalue weighted by molar-refractivity contribution is -0.157. The first-order valence-corrected chi connectivity index (χ1v) is 8.13. The molecule has 0 heterocycles. The molecule has 1 atom stereocenters. The fourth-order valence-electron chi connectivity index (χ4n) is 2.00. The van der Waals surface area contributed by atoms with Crippen LogP contribution in [-0.2, 0) is 19.1 Å². The summed E-state index contributed by atoms with van der Waals surface area (Å²) < 4.78 is 11.2. The maximum absolute atomic E-state index is 11.7. The summed E-state index contributed by atoms with van der Waals surface area (Å²) in [4.78, 5) is 22.9. The first-order valence-electron chi connectivity index (χ1n) is 6.60. The molecular weight excluding hydrogens is 347 g/mol. The summed E-state index contributed by atoms with van der Waals surface area (Å²) >= 11 is 2.12. The molecule has 0 spiro atoms. The van der Waals surface area contributed by atoms with Crippen molar-refractivity contribution < 1.29 is 19.1 Å². The van der Waals surface area contributed by atoms with Crippen LogP contribution in [0.15, 0.2) is 0 Å². The van der Waals surface area contributed by atoms with E-state index in [1.54, 1.807) is 6.92 Å². The van der Waals surface area contributed by atoms with Crippen molar-refractivity contribution in [3.8, 4) is 0 Å². The van der Waals surface area contributed by atoms with Gasteiger partial charge in [-0.15, -0.1) is 0 Å². The van der Waals surface area contributed by atoms with E-state index in [9.17, 15) is 9.59 Å². The quantitative estimate of drug-likeness (QED) is 0.411. The molecule has 1 aliphatic carbocycles. The fourth-order valence-corrected chi connectivity index (χ4v) is 2.49. The average molecular weight is 368 g/mol. The Morgan fingerprint density at radius 2 is 1.89 bits per heavy atom. The van der Waals surface area contributed by atoms with E-state index in [1.807, 2.05) is 0 Å². The molecule has 0 bridgehead atoms. The number of carbonyl (C=O) groups excluding carboxylic acids is 2. The Hall–Kier alpha value is -0.330. The van der Waals surface area contributed by atoms with Crippen LogP contribution in [0.1, 0.15) is 51.9 Å². The highest BCUT2D eigenvalue weighted by Gasteiger charge is 2.22. The van der Waals surface area contributed by atoms with Gasteiger partial charge in [0.25, 0.3) is 0 Å². The normalized spacial score (nSPS) is 18.1. The molecule has 0 saturated heterocycles. The maximum Gasteiger partial charge on any atom is 0.309 e. The molecule has 1 aliphatic rings. The van der Waals surface area contributed by atoms with E-state index in [1.165, 1.54) is 6.42 Å². The van der Waals surface area contributed by atoms with Gasteiger partial charge in [0.1, 0.15) is 12.2 Å². The third-order valence-corrected chi connectivity index (χ3v) is 3.99. The van der Waals surface area contributed by atoms with Gasteiger partial charge in [-0.25, -0.2) is 0 Å². The van der Waals surface area contributed by atoms with Gasteiger partial charge in [-0.3, -0.25) is 9.59 Å². The topological polar surface area (TPSA) is 52.6 Å². The van der Waals surface area contributed by atoms with Crippen LogP contribution in [0.2, 0.25) is 0 Å². The third-order valence-electron chi connectivity index (χ3n) is 3.00. The van der Waals surface area contributed by atoms with E-state index in [2.05, 4.69) is 22.6 Å². The largest absolute Gasteiger partial charge is 0.462 e. The van der Waals surface area contributed by atoms with E-state index in [-0.39, 0.29) is 30.6 Å². The lowest BCUT2D eigenvalue weighted by Gasteiger charge is -2.23. The zero-order valence-electron chi connectivity index (χ0n) is 10.8. The predicted octanol–water partition coefficient (Wildman–Crippen LogP) is 3.01. The molecule has 1 rings (SSSR count). The molecule has 0 aromatic rings. The molecule has 0 amide bonds. The number of rotatable bonds is 6. The smallest absolute Gasteiger partial charge is 0.309 e. The number of alkyl halides is 1. The Bertz CT molecular complexity index is 274. The van der Waals surface area contributed by atoms with Crippen molar-refractivity contribution in [2.75, 3.05) is 4.43 Å². The summed E-state index contributed by atoms with van der Waals surface area (Å²) in [6, 6.07) is 0. The summed E-state index contributed by atoms with van der Waals surface area (Å²) in [5.41, 5.74) is 0. The summed E-state index contributed by atoms with van der Waals surface area (Å²) in [7, 11) is 0. The van der Waals surface area contributed by atoms with Crippen molar-refractivity contribution in [3.63, 3.8) is 0 Å². The van der Waals surface area contributed by atoms with E-state index in [0.717, 1.165) is 25.7 Å². The Kier molecular flexibility index (Phi) is 7.62. The molecule has 104 valence electrons. The third kappa shape index (κ3) is 6.02. The molecule has 0 aromatic heterocycles. The van der Waals surface area contributed by atoms with Gasteiger partial charge in [-0.05, 0) is 25.7 Å². The number of esters is 2. The van der Waals surface area contributed by atoms with Gasteiger partial charge in [0.05, 0.1) is 6.42 Å². The SMILES string of the molecule is CCC(=O)OC(CI)CC(=O)OC1CCCCC1. The maximum atomic E-state index is 11.7. The van der Waals surface area contributed by atoms with E-state index >= 15 is 0 Å². The molecular formula is C13H21IO4. The van der Waals surface area contributed by atoms with Crippen molar-refractivity contribution >= 4 is 34.5 Å². The standard InChI is InChI=1S/C13H21IO4/c1-2-12(15)18-11(9-14)8-13(16)17-10-6-4-3-5-7-10/h10-11H,2-9H2,1H3. The van der Waals surface area contributed by atoms with Gasteiger partial charge in [-0.1, -0.05) is 35.9 Å². The number of hydrogen-bond acceptors (Lipinski definition) is 4. The van der Waals surface area contributed by atoms with E-state index in [0.29, 0.717) is 10.8 Å². The molecule has 18 heavy (non-hydrogen) atoms. The van der Waals surface area contributed by atoms with Crippen LogP contribution in [0.25, 0.3) is 0 Å². The average Bonchev–Trinajstić information content (AvgIpc) is 2.38. The minimum absolute atomic E-state index is 0.0722. The zero-order valence-corrected chi connectivity index (χ0v) is 13.0. The van der Waals surface area contributed by atoms with Gasteiger partial charge in [-0.2, -0.15) is 0 Å². The molecule has 0 aromatic carbocycles. The van der Waals surface area contributed by atoms with Gasteiger partial charge >= 0.3 is 11.9 Å². The second-order valence-electron chi connectivity index (χ2n) is 4.57. The monoisotopic (exact) mass is 368 g/mol. The second kappa shape index (κ2) is 8.72. The Morgan fingerprint density at radius 3 is 2.44 bits per heavy atom. The van der Waals surface area contributed by atoms with Crippen molar-refractivity contribution in [2.45, 2.75) is 64.1 Å². The van der Waals surface area contributed by atoms with Crippen LogP contribution in [0.5, 0.6) is 0 Å². The highest BCUT2D eigenvalue weighted by atomic mass is 127. The van der Waals surface area contributed by atoms with Crippen molar-refractivity contribution in [1.82, 2.24) is 0 Å². The number of carbonyl (C=O) groups is 2. The van der Waals surface area contributed by atoms with Crippen LogP contribution in [-0.4, -0.2) is 28.6 Å². The summed E-state index contributed by atoms with van der Waals surface area (Å²) in [5, 5.41) is 0. The van der Waals surface area contributed by atoms with Crippen LogP contribution in [0.3, 0.4) is 0 Å². The minimum Gasteiger partial charge on any atom is -0.462 e. The highest BCUT2D eigenvalue weighted by molar-refractivity contribution is 14.1. The van der Waals surface area contributed by atoms with Crippen LogP contribution < -0.4 is 0 Å². The number of hydrogen-bond donors (Lipinski definition) is 0. The van der Waals surface area contributed by atoms with Crippen molar-refractivity contribution in [1.29, 1.82) is 0 Å². The summed E-state index contributed by atoms with van der Waals surface area (Å²) in [5.74, 6) is -0.505. The molecule has 1 fully saturated rings. The van der Waals surface area contributed by atoms with Gasteiger partial charge < -0.3 is 9.47 Å². The predicted molar refractivity (Wildman–Crippen MR) is 76.6 cm³/mol. The molecule has 1 saturated carbocycles. The number of ether oxygens (including phenoxy) is 2. The fraction of sp³-hybridized carbons (Fsp3) is 0.846. The van der Waals surface area contributed by atoms with Crippen LogP contribution in [0.4, 0.5) is 0 Å². The molecule has 4 nitrogen and oxygen atoms in total. The Labute approximate surface area is 122 Å². The van der Waals surface area contributed by atoms with Gasteiger partial charge in [0, 0.05) is 10.8 Å². The molecule has 1 unspecified atom stereocenters. The van der Waals surface area contributed by atoms with Gasteiger partial charge in [0.2, 0.25) is 0 Å². The first-order chi connectivity index (χ1) is 8.65. The summed E-state index contributed by atoms with van der Waals surface area (Å²) in [6.45, 7) is 1.74. The minimum atomic E-state index is -0.353. The lowest BCUT2D eigenvalue weighted by Crippen LogP contribution is -2.27. The van der Waals surface area contributed by atoms with Crippen molar-refractivity contribution in [2.24, 2.45) is 0 Å². The van der Waals surface area contributed by atoms with Gasteiger partial charge in [0.15, 0.2) is 0 Å². The Balaban J connectivity index is 2.29. The molecule has 5 heteroatoms. The number of halogens is 1. The van der Waals surface area contributed by atoms with Crippen LogP contribution >= 0.6 is 22.6 Å². The first kappa shape index (κ1) is 15.7. The van der Waals surface area contributed by atoms with Crippen LogP contribution in [0, 0.1) is 0 Å². The molecule has 0 radical (unpaired) electrons. The second-order valence-corrected chi connectivity index (χ2v) is 5.45. The van der Waals surface area contributed by atoms with E-state index < -0.39 is 0 Å². The van der Waals surface area contributed by atoms with Crippen molar-refractivity contribution in [3.05, 3.63) is 0 Å². The lowest BCUT2D eigenvalue weighted by atomic mass is 9.98.